The van der Waals surface area contributed by atoms with Crippen LogP contribution in [0.4, 0.5) is 0 Å². The van der Waals surface area contributed by atoms with Gasteiger partial charge in [-0.3, -0.25) is 4.79 Å². The third-order valence-electron chi connectivity index (χ3n) is 4.12. The van der Waals surface area contributed by atoms with Crippen molar-refractivity contribution in [2.75, 3.05) is 19.7 Å². The van der Waals surface area contributed by atoms with Crippen molar-refractivity contribution in [2.24, 2.45) is 0 Å². The molecule has 1 amide bonds. The molecule has 7 nitrogen and oxygen atoms in total. The highest BCUT2D eigenvalue weighted by atomic mass is 35.5. The van der Waals surface area contributed by atoms with Crippen molar-refractivity contribution in [1.82, 2.24) is 20.8 Å². The number of benzene rings is 1. The highest BCUT2D eigenvalue weighted by Gasteiger charge is 2.16. The number of carbonyl (C=O) groups is 1. The highest BCUT2D eigenvalue weighted by Crippen LogP contribution is 2.20. The summed E-state index contributed by atoms with van der Waals surface area (Å²) in [5.74, 6) is 1.83. The topological polar surface area (TPSA) is 89.3 Å². The Labute approximate surface area is 159 Å². The summed E-state index contributed by atoms with van der Waals surface area (Å²) in [4.78, 5) is 16.4. The lowest BCUT2D eigenvalue weighted by molar-refractivity contribution is -0.121. The molecule has 3 rings (SSSR count). The van der Waals surface area contributed by atoms with Gasteiger partial charge >= 0.3 is 0 Å². The number of ether oxygens (including phenoxy) is 1. The summed E-state index contributed by atoms with van der Waals surface area (Å²) in [6.07, 6.45) is 2.92. The summed E-state index contributed by atoms with van der Waals surface area (Å²) >= 11 is 0. The Morgan fingerprint density at radius 1 is 1.38 bits per heavy atom. The molecule has 2 heterocycles. The molecule has 0 bridgehead atoms. The van der Waals surface area contributed by atoms with Crippen molar-refractivity contribution in [3.8, 4) is 17.1 Å². The molecule has 8 heteroatoms. The summed E-state index contributed by atoms with van der Waals surface area (Å²) in [5, 5.41) is 10.3. The maximum absolute atomic E-state index is 12.0. The van der Waals surface area contributed by atoms with Crippen LogP contribution in [0.3, 0.4) is 0 Å². The fourth-order valence-corrected chi connectivity index (χ4v) is 2.84. The molecule has 1 aliphatic heterocycles. The highest BCUT2D eigenvalue weighted by molar-refractivity contribution is 5.85. The molecule has 2 N–H and O–H groups in total. The van der Waals surface area contributed by atoms with E-state index in [0.29, 0.717) is 31.2 Å². The van der Waals surface area contributed by atoms with Gasteiger partial charge in [-0.15, -0.1) is 12.4 Å². The van der Waals surface area contributed by atoms with E-state index in [4.69, 9.17) is 9.26 Å². The number of rotatable bonds is 7. The van der Waals surface area contributed by atoms with Crippen LogP contribution in [0, 0.1) is 0 Å². The zero-order valence-corrected chi connectivity index (χ0v) is 15.7. The van der Waals surface area contributed by atoms with Crippen molar-refractivity contribution in [3.05, 3.63) is 30.2 Å². The van der Waals surface area contributed by atoms with Crippen LogP contribution in [0.25, 0.3) is 11.4 Å². The summed E-state index contributed by atoms with van der Waals surface area (Å²) in [5.41, 5.74) is 0.858. The Bertz CT molecular complexity index is 684. The second-order valence-electron chi connectivity index (χ2n) is 6.08. The SMILES string of the molecule is CCOc1ccc(-c2noc(CCC(=O)N[C@H]3CCCNC3)n2)cc1.Cl. The summed E-state index contributed by atoms with van der Waals surface area (Å²) < 4.78 is 10.7. The van der Waals surface area contributed by atoms with E-state index in [2.05, 4.69) is 20.8 Å². The van der Waals surface area contributed by atoms with Gasteiger partial charge in [-0.1, -0.05) is 5.16 Å². The minimum absolute atomic E-state index is 0. The number of halogens is 1. The fraction of sp³-hybridized carbons (Fsp3) is 0.500. The number of hydrogen-bond acceptors (Lipinski definition) is 6. The number of nitrogens with zero attached hydrogens (tertiary/aromatic N) is 2. The number of nitrogens with one attached hydrogen (secondary N) is 2. The van der Waals surface area contributed by atoms with Crippen LogP contribution in [-0.4, -0.2) is 41.8 Å². The van der Waals surface area contributed by atoms with Crippen molar-refractivity contribution < 1.29 is 14.1 Å². The van der Waals surface area contributed by atoms with Gasteiger partial charge in [0, 0.05) is 31.0 Å². The molecule has 1 aromatic carbocycles. The maximum atomic E-state index is 12.0. The minimum atomic E-state index is 0. The first-order valence-corrected chi connectivity index (χ1v) is 8.80. The lowest BCUT2D eigenvalue weighted by atomic mass is 10.1. The van der Waals surface area contributed by atoms with Crippen molar-refractivity contribution in [1.29, 1.82) is 0 Å². The van der Waals surface area contributed by atoms with Crippen molar-refractivity contribution in [3.63, 3.8) is 0 Å². The standard InChI is InChI=1S/C18H24N4O3.ClH/c1-2-24-15-7-5-13(6-8-15)18-21-17(25-22-18)10-9-16(23)20-14-4-3-11-19-12-14;/h5-8,14,19H,2-4,9-12H2,1H3,(H,20,23);1H/t14-;/m0./s1. The first-order chi connectivity index (χ1) is 12.2. The van der Waals surface area contributed by atoms with Crippen LogP contribution in [0.15, 0.2) is 28.8 Å². The van der Waals surface area contributed by atoms with Gasteiger partial charge in [0.25, 0.3) is 0 Å². The predicted octanol–water partition coefficient (Wildman–Crippen LogP) is 2.36. The average Bonchev–Trinajstić information content (AvgIpc) is 3.11. The lowest BCUT2D eigenvalue weighted by Crippen LogP contribution is -2.45. The van der Waals surface area contributed by atoms with Gasteiger partial charge in [0.05, 0.1) is 6.61 Å². The molecule has 1 atom stereocenters. The largest absolute Gasteiger partial charge is 0.494 e. The van der Waals surface area contributed by atoms with E-state index in [1.165, 1.54) is 0 Å². The van der Waals surface area contributed by atoms with Gasteiger partial charge in [-0.05, 0) is 50.6 Å². The van der Waals surface area contributed by atoms with E-state index >= 15 is 0 Å². The van der Waals surface area contributed by atoms with Crippen LogP contribution in [-0.2, 0) is 11.2 Å². The van der Waals surface area contributed by atoms with Crippen LogP contribution in [0.2, 0.25) is 0 Å². The van der Waals surface area contributed by atoms with E-state index in [0.717, 1.165) is 37.2 Å². The maximum Gasteiger partial charge on any atom is 0.227 e. The molecule has 26 heavy (non-hydrogen) atoms. The number of carbonyl (C=O) groups excluding carboxylic acids is 1. The second kappa shape index (κ2) is 10.1. The van der Waals surface area contributed by atoms with Gasteiger partial charge in [0.2, 0.25) is 17.6 Å². The molecule has 0 saturated carbocycles. The monoisotopic (exact) mass is 380 g/mol. The van der Waals surface area contributed by atoms with Gasteiger partial charge in [0.1, 0.15) is 5.75 Å². The quantitative estimate of drug-likeness (QED) is 0.766. The van der Waals surface area contributed by atoms with Crippen molar-refractivity contribution in [2.45, 2.75) is 38.6 Å². The number of aryl methyl sites for hydroxylation is 1. The Morgan fingerprint density at radius 2 is 2.19 bits per heavy atom. The molecular formula is C18H25ClN4O3. The summed E-state index contributed by atoms with van der Waals surface area (Å²) in [6.45, 7) is 4.45. The molecule has 1 saturated heterocycles. The Balaban J connectivity index is 0.00000243. The van der Waals surface area contributed by atoms with Crippen LogP contribution in [0.5, 0.6) is 5.75 Å². The number of hydrogen-bond donors (Lipinski definition) is 2. The van der Waals surface area contributed by atoms with E-state index in [9.17, 15) is 4.79 Å². The molecule has 1 fully saturated rings. The van der Waals surface area contributed by atoms with E-state index in [1.54, 1.807) is 0 Å². The van der Waals surface area contributed by atoms with Gasteiger partial charge in [-0.25, -0.2) is 0 Å². The van der Waals surface area contributed by atoms with Gasteiger partial charge in [-0.2, -0.15) is 4.98 Å². The molecule has 1 aromatic heterocycles. The number of aromatic nitrogens is 2. The molecule has 2 aromatic rings. The molecule has 0 unspecified atom stereocenters. The Hall–Kier alpha value is -2.12. The third-order valence-corrected chi connectivity index (χ3v) is 4.12. The molecule has 142 valence electrons. The summed E-state index contributed by atoms with van der Waals surface area (Å²) in [6, 6.07) is 7.76. The Kier molecular flexibility index (Phi) is 7.87. The van der Waals surface area contributed by atoms with Crippen LogP contribution < -0.4 is 15.4 Å². The zero-order chi connectivity index (χ0) is 17.5. The van der Waals surface area contributed by atoms with E-state index in [-0.39, 0.29) is 24.4 Å². The minimum Gasteiger partial charge on any atom is -0.494 e. The predicted molar refractivity (Wildman–Crippen MR) is 101 cm³/mol. The van der Waals surface area contributed by atoms with Crippen LogP contribution in [0.1, 0.15) is 32.1 Å². The van der Waals surface area contributed by atoms with Crippen LogP contribution >= 0.6 is 12.4 Å². The van der Waals surface area contributed by atoms with Gasteiger partial charge in [0.15, 0.2) is 0 Å². The number of amides is 1. The fourth-order valence-electron chi connectivity index (χ4n) is 2.84. The third kappa shape index (κ3) is 5.71. The van der Waals surface area contributed by atoms with E-state index in [1.807, 2.05) is 31.2 Å². The molecular weight excluding hydrogens is 356 g/mol. The van der Waals surface area contributed by atoms with E-state index < -0.39 is 0 Å². The molecule has 0 radical (unpaired) electrons. The Morgan fingerprint density at radius 3 is 2.88 bits per heavy atom. The van der Waals surface area contributed by atoms with Crippen molar-refractivity contribution >= 4 is 18.3 Å². The summed E-state index contributed by atoms with van der Waals surface area (Å²) in [7, 11) is 0. The zero-order valence-electron chi connectivity index (χ0n) is 14.9. The smallest absolute Gasteiger partial charge is 0.227 e. The first-order valence-electron chi connectivity index (χ1n) is 8.80. The molecule has 0 spiro atoms. The number of piperidine rings is 1. The second-order valence-corrected chi connectivity index (χ2v) is 6.08. The average molecular weight is 381 g/mol. The molecule has 0 aliphatic carbocycles. The first kappa shape index (κ1) is 20.2. The normalized spacial score (nSPS) is 16.6. The van der Waals surface area contributed by atoms with Gasteiger partial charge < -0.3 is 19.9 Å². The molecule has 1 aliphatic rings. The lowest BCUT2D eigenvalue weighted by Gasteiger charge is -2.23.